The number of thiophene rings is 1. The van der Waals surface area contributed by atoms with Crippen LogP contribution in [-0.4, -0.2) is 14.7 Å². The summed E-state index contributed by atoms with van der Waals surface area (Å²) in [5.74, 6) is 0. The van der Waals surface area contributed by atoms with E-state index in [1.165, 1.54) is 11.3 Å². The van der Waals surface area contributed by atoms with E-state index in [2.05, 4.69) is 4.40 Å². The van der Waals surface area contributed by atoms with Crippen molar-refractivity contribution in [2.45, 2.75) is 32.4 Å². The molecule has 15 heavy (non-hydrogen) atoms. The summed E-state index contributed by atoms with van der Waals surface area (Å²) in [5, 5.41) is 2.57. The van der Waals surface area contributed by atoms with Crippen LogP contribution >= 0.6 is 22.9 Å². The van der Waals surface area contributed by atoms with Crippen LogP contribution in [0.3, 0.4) is 0 Å². The first kappa shape index (κ1) is 12.9. The van der Waals surface area contributed by atoms with E-state index < -0.39 is 11.0 Å². The fourth-order valence-corrected chi connectivity index (χ4v) is 2.67. The third kappa shape index (κ3) is 3.40. The van der Waals surface area contributed by atoms with Gasteiger partial charge in [-0.05, 0) is 39.1 Å². The lowest BCUT2D eigenvalue weighted by molar-refractivity contribution is 0.650. The van der Waals surface area contributed by atoms with Gasteiger partial charge in [0.25, 0.3) is 0 Å². The van der Waals surface area contributed by atoms with Crippen molar-refractivity contribution in [2.75, 3.05) is 0 Å². The number of nitrogens with zero attached hydrogens (tertiary/aromatic N) is 1. The van der Waals surface area contributed by atoms with Gasteiger partial charge in [-0.2, -0.15) is 4.40 Å². The largest absolute Gasteiger partial charge is 0.234 e. The first-order valence-electron chi connectivity index (χ1n) is 4.53. The molecule has 0 fully saturated rings. The molecule has 2 nitrogen and oxygen atoms in total. The van der Waals surface area contributed by atoms with Gasteiger partial charge in [0, 0.05) is 0 Å². The van der Waals surface area contributed by atoms with Gasteiger partial charge in [-0.15, -0.1) is 11.3 Å². The average molecular weight is 264 g/mol. The molecule has 0 amide bonds. The molecule has 0 spiro atoms. The number of hydrogen-bond donors (Lipinski definition) is 0. The third-order valence-electron chi connectivity index (χ3n) is 1.69. The maximum Gasteiger partial charge on any atom is 0.145 e. The zero-order chi connectivity index (χ0) is 11.6. The molecule has 0 aliphatic heterocycles. The molecule has 1 aromatic heterocycles. The monoisotopic (exact) mass is 263 g/mol. The van der Waals surface area contributed by atoms with E-state index in [0.717, 1.165) is 10.6 Å². The second kappa shape index (κ2) is 4.76. The molecule has 1 aromatic rings. The lowest BCUT2D eigenvalue weighted by Gasteiger charge is -2.13. The van der Waals surface area contributed by atoms with Crippen LogP contribution in [0, 0.1) is 0 Å². The highest BCUT2D eigenvalue weighted by molar-refractivity contribution is 7.85. The van der Waals surface area contributed by atoms with E-state index in [4.69, 9.17) is 11.6 Å². The van der Waals surface area contributed by atoms with Crippen LogP contribution < -0.4 is 0 Å². The van der Waals surface area contributed by atoms with Gasteiger partial charge in [-0.1, -0.05) is 11.6 Å². The molecule has 0 aliphatic carbocycles. The molecule has 1 atom stereocenters. The maximum absolute atomic E-state index is 11.8. The molecule has 1 heterocycles. The average Bonchev–Trinajstić information content (AvgIpc) is 2.49. The van der Waals surface area contributed by atoms with Crippen molar-refractivity contribution in [3.63, 3.8) is 0 Å². The summed E-state index contributed by atoms with van der Waals surface area (Å²) < 4.78 is 15.6. The van der Waals surface area contributed by atoms with Gasteiger partial charge >= 0.3 is 0 Å². The van der Waals surface area contributed by atoms with Crippen molar-refractivity contribution in [2.24, 2.45) is 4.40 Å². The lowest BCUT2D eigenvalue weighted by atomic mass is 10.3. The Kier molecular flexibility index (Phi) is 4.09. The number of hydrogen-bond acceptors (Lipinski definition) is 2. The Bertz CT molecular complexity index is 404. The van der Waals surface area contributed by atoms with E-state index in [1.807, 2.05) is 39.1 Å². The van der Waals surface area contributed by atoms with E-state index in [1.54, 1.807) is 0 Å². The van der Waals surface area contributed by atoms with E-state index >= 15 is 0 Å². The van der Waals surface area contributed by atoms with Crippen LogP contribution in [0.25, 0.3) is 0 Å². The van der Waals surface area contributed by atoms with Gasteiger partial charge in [0.2, 0.25) is 0 Å². The van der Waals surface area contributed by atoms with E-state index in [9.17, 15) is 4.21 Å². The minimum atomic E-state index is -1.22. The summed E-state index contributed by atoms with van der Waals surface area (Å²) in [5.41, 5.74) is 0.739. The SMILES string of the molecule is C/C(=N\[S@](=O)C(C)(C)C)c1sccc1Cl. The number of halogens is 1. The fraction of sp³-hybridized carbons (Fsp3) is 0.500. The fourth-order valence-electron chi connectivity index (χ4n) is 0.855. The summed E-state index contributed by atoms with van der Waals surface area (Å²) in [6.45, 7) is 7.53. The first-order valence-corrected chi connectivity index (χ1v) is 6.89. The Morgan fingerprint density at radius 2 is 2.13 bits per heavy atom. The summed E-state index contributed by atoms with van der Waals surface area (Å²) >= 11 is 7.48. The zero-order valence-electron chi connectivity index (χ0n) is 9.20. The van der Waals surface area contributed by atoms with Gasteiger partial charge in [0.15, 0.2) is 0 Å². The van der Waals surface area contributed by atoms with Crippen molar-refractivity contribution in [3.8, 4) is 0 Å². The van der Waals surface area contributed by atoms with Gasteiger partial charge < -0.3 is 0 Å². The minimum absolute atomic E-state index is 0.328. The van der Waals surface area contributed by atoms with Crippen molar-refractivity contribution < 1.29 is 4.21 Å². The quantitative estimate of drug-likeness (QED) is 0.749. The Morgan fingerprint density at radius 1 is 1.53 bits per heavy atom. The predicted octanol–water partition coefficient (Wildman–Crippen LogP) is 3.67. The molecular formula is C10H14ClNOS2. The van der Waals surface area contributed by atoms with Gasteiger partial charge in [-0.3, -0.25) is 0 Å². The van der Waals surface area contributed by atoms with Crippen LogP contribution in [-0.2, 0) is 11.0 Å². The second-order valence-corrected chi connectivity index (χ2v) is 7.36. The van der Waals surface area contributed by atoms with Crippen LogP contribution in [0.15, 0.2) is 15.8 Å². The van der Waals surface area contributed by atoms with Crippen LogP contribution in [0.4, 0.5) is 0 Å². The molecule has 0 N–H and O–H groups in total. The van der Waals surface area contributed by atoms with Crippen molar-refractivity contribution in [1.29, 1.82) is 0 Å². The summed E-state index contributed by atoms with van der Waals surface area (Å²) in [6.07, 6.45) is 0. The summed E-state index contributed by atoms with van der Waals surface area (Å²) in [6, 6.07) is 1.82. The summed E-state index contributed by atoms with van der Waals surface area (Å²) in [7, 11) is -1.22. The Labute approximate surface area is 102 Å². The van der Waals surface area contributed by atoms with Gasteiger partial charge in [0.05, 0.1) is 20.4 Å². The zero-order valence-corrected chi connectivity index (χ0v) is 11.6. The standard InChI is InChI=1S/C10H14ClNOS2/c1-7(9-8(11)5-6-14-9)12-15(13)10(2,3)4/h5-6H,1-4H3/b12-7+/t15-/m1/s1. The summed E-state index contributed by atoms with van der Waals surface area (Å²) in [4.78, 5) is 0.897. The van der Waals surface area contributed by atoms with Crippen molar-refractivity contribution >= 4 is 39.6 Å². The molecular weight excluding hydrogens is 250 g/mol. The van der Waals surface area contributed by atoms with Gasteiger partial charge in [-0.25, -0.2) is 4.21 Å². The van der Waals surface area contributed by atoms with Crippen LogP contribution in [0.1, 0.15) is 32.6 Å². The highest BCUT2D eigenvalue weighted by Gasteiger charge is 2.19. The third-order valence-corrected chi connectivity index (χ3v) is 4.63. The van der Waals surface area contributed by atoms with E-state index in [-0.39, 0.29) is 4.75 Å². The predicted molar refractivity (Wildman–Crippen MR) is 69.4 cm³/mol. The molecule has 0 saturated carbocycles. The molecule has 0 bridgehead atoms. The molecule has 0 unspecified atom stereocenters. The Balaban J connectivity index is 2.96. The minimum Gasteiger partial charge on any atom is -0.234 e. The highest BCUT2D eigenvalue weighted by atomic mass is 35.5. The molecule has 0 aliphatic rings. The molecule has 0 radical (unpaired) electrons. The Morgan fingerprint density at radius 3 is 2.53 bits per heavy atom. The van der Waals surface area contributed by atoms with Crippen LogP contribution in [0.5, 0.6) is 0 Å². The molecule has 1 rings (SSSR count). The normalized spacial score (nSPS) is 15.4. The molecule has 0 saturated heterocycles. The number of rotatable bonds is 2. The lowest BCUT2D eigenvalue weighted by Crippen LogP contribution is -2.20. The second-order valence-electron chi connectivity index (χ2n) is 4.14. The first-order chi connectivity index (χ1) is 6.82. The van der Waals surface area contributed by atoms with Gasteiger partial charge in [0.1, 0.15) is 11.0 Å². The molecule has 5 heteroatoms. The van der Waals surface area contributed by atoms with E-state index in [0.29, 0.717) is 5.02 Å². The maximum atomic E-state index is 11.8. The highest BCUT2D eigenvalue weighted by Crippen LogP contribution is 2.24. The Hall–Kier alpha value is -0.190. The topological polar surface area (TPSA) is 29.4 Å². The molecule has 84 valence electrons. The van der Waals surface area contributed by atoms with Crippen LogP contribution in [0.2, 0.25) is 5.02 Å². The smallest absolute Gasteiger partial charge is 0.145 e. The van der Waals surface area contributed by atoms with Crippen molar-refractivity contribution in [3.05, 3.63) is 21.3 Å². The van der Waals surface area contributed by atoms with Crippen molar-refractivity contribution in [1.82, 2.24) is 0 Å². The molecule has 0 aromatic carbocycles.